The molecular formula is C19H26N4O. The highest BCUT2D eigenvalue weighted by Gasteiger charge is 2.27. The van der Waals surface area contributed by atoms with Crippen molar-refractivity contribution in [3.05, 3.63) is 30.6 Å². The monoisotopic (exact) mass is 326 g/mol. The van der Waals surface area contributed by atoms with E-state index < -0.39 is 0 Å². The van der Waals surface area contributed by atoms with E-state index >= 15 is 0 Å². The number of piperidine rings is 1. The summed E-state index contributed by atoms with van der Waals surface area (Å²) in [6.07, 6.45) is 5.69. The van der Waals surface area contributed by atoms with Crippen LogP contribution in [0, 0.1) is 5.92 Å². The van der Waals surface area contributed by atoms with Gasteiger partial charge in [-0.1, -0.05) is 25.5 Å². The lowest BCUT2D eigenvalue weighted by atomic mass is 9.96. The molecular weight excluding hydrogens is 300 g/mol. The molecule has 1 N–H and O–H groups in total. The standard InChI is InChI=1S/C19H26N4O/c1-3-7-14(2)22-19(24)15-8-6-11-23(12-15)18-16-9-4-5-10-17(16)20-13-21-18/h4-5,9-10,13-15H,3,6-8,11-12H2,1-2H3,(H,22,24). The lowest BCUT2D eigenvalue weighted by Crippen LogP contribution is -2.45. The van der Waals surface area contributed by atoms with E-state index in [9.17, 15) is 4.79 Å². The highest BCUT2D eigenvalue weighted by molar-refractivity contribution is 5.89. The molecule has 3 rings (SSSR count). The number of carbonyl (C=O) groups is 1. The Bertz CT molecular complexity index is 697. The van der Waals surface area contributed by atoms with Gasteiger partial charge in [-0.05, 0) is 38.3 Å². The largest absolute Gasteiger partial charge is 0.355 e. The molecule has 5 heteroatoms. The van der Waals surface area contributed by atoms with Crippen molar-refractivity contribution in [3.63, 3.8) is 0 Å². The van der Waals surface area contributed by atoms with Crippen molar-refractivity contribution in [3.8, 4) is 0 Å². The maximum Gasteiger partial charge on any atom is 0.225 e. The van der Waals surface area contributed by atoms with Gasteiger partial charge in [0.25, 0.3) is 0 Å². The van der Waals surface area contributed by atoms with Crippen molar-refractivity contribution in [1.82, 2.24) is 15.3 Å². The smallest absolute Gasteiger partial charge is 0.225 e. The fourth-order valence-electron chi connectivity index (χ4n) is 3.49. The molecule has 0 aliphatic carbocycles. The van der Waals surface area contributed by atoms with Crippen LogP contribution in [0.4, 0.5) is 5.82 Å². The summed E-state index contributed by atoms with van der Waals surface area (Å²) in [5.74, 6) is 1.16. The van der Waals surface area contributed by atoms with Crippen LogP contribution in [0.1, 0.15) is 39.5 Å². The van der Waals surface area contributed by atoms with Crippen LogP contribution >= 0.6 is 0 Å². The second kappa shape index (κ2) is 7.60. The second-order valence-electron chi connectivity index (χ2n) is 6.70. The van der Waals surface area contributed by atoms with E-state index in [4.69, 9.17) is 0 Å². The highest BCUT2D eigenvalue weighted by Crippen LogP contribution is 2.27. The number of benzene rings is 1. The van der Waals surface area contributed by atoms with E-state index in [1.165, 1.54) is 0 Å². The zero-order chi connectivity index (χ0) is 16.9. The summed E-state index contributed by atoms with van der Waals surface area (Å²) in [6.45, 7) is 5.89. The molecule has 5 nitrogen and oxygen atoms in total. The number of anilines is 1. The molecule has 1 aromatic heterocycles. The molecule has 1 amide bonds. The molecule has 1 aliphatic heterocycles. The molecule has 1 saturated heterocycles. The summed E-state index contributed by atoms with van der Waals surface area (Å²) in [5, 5.41) is 4.22. The van der Waals surface area contributed by atoms with E-state index in [-0.39, 0.29) is 17.9 Å². The zero-order valence-corrected chi connectivity index (χ0v) is 14.5. The van der Waals surface area contributed by atoms with Crippen LogP contribution in [0.2, 0.25) is 0 Å². The zero-order valence-electron chi connectivity index (χ0n) is 14.5. The van der Waals surface area contributed by atoms with Gasteiger partial charge in [-0.2, -0.15) is 0 Å². The van der Waals surface area contributed by atoms with Crippen molar-refractivity contribution in [2.24, 2.45) is 5.92 Å². The van der Waals surface area contributed by atoms with Gasteiger partial charge in [-0.15, -0.1) is 0 Å². The third-order valence-corrected chi connectivity index (χ3v) is 4.72. The van der Waals surface area contributed by atoms with Crippen molar-refractivity contribution in [2.45, 2.75) is 45.6 Å². The van der Waals surface area contributed by atoms with E-state index in [1.807, 2.05) is 18.2 Å². The SMILES string of the molecule is CCCC(C)NC(=O)C1CCCN(c2ncnc3ccccc23)C1. The van der Waals surface area contributed by atoms with E-state index in [0.29, 0.717) is 0 Å². The van der Waals surface area contributed by atoms with Crippen LogP contribution in [0.5, 0.6) is 0 Å². The predicted molar refractivity (Wildman–Crippen MR) is 97.0 cm³/mol. The Labute approximate surface area is 143 Å². The molecule has 0 spiro atoms. The summed E-state index contributed by atoms with van der Waals surface area (Å²) in [5.41, 5.74) is 0.950. The second-order valence-corrected chi connectivity index (χ2v) is 6.70. The Morgan fingerprint density at radius 2 is 2.21 bits per heavy atom. The van der Waals surface area contributed by atoms with Gasteiger partial charge in [0.2, 0.25) is 5.91 Å². The fourth-order valence-corrected chi connectivity index (χ4v) is 3.49. The minimum Gasteiger partial charge on any atom is -0.355 e. The van der Waals surface area contributed by atoms with Crippen LogP contribution in [-0.2, 0) is 4.79 Å². The first-order chi connectivity index (χ1) is 11.7. The third kappa shape index (κ3) is 3.66. The van der Waals surface area contributed by atoms with E-state index in [1.54, 1.807) is 6.33 Å². The van der Waals surface area contributed by atoms with Crippen molar-refractivity contribution >= 4 is 22.6 Å². The van der Waals surface area contributed by atoms with Crippen LogP contribution in [0.25, 0.3) is 10.9 Å². The minimum atomic E-state index is 0.0341. The number of carbonyl (C=O) groups excluding carboxylic acids is 1. The number of hydrogen-bond donors (Lipinski definition) is 1. The van der Waals surface area contributed by atoms with Gasteiger partial charge in [-0.3, -0.25) is 4.79 Å². The lowest BCUT2D eigenvalue weighted by Gasteiger charge is -2.33. The van der Waals surface area contributed by atoms with Crippen molar-refractivity contribution < 1.29 is 4.79 Å². The minimum absolute atomic E-state index is 0.0341. The van der Waals surface area contributed by atoms with E-state index in [2.05, 4.69) is 40.1 Å². The molecule has 0 saturated carbocycles. The number of hydrogen-bond acceptors (Lipinski definition) is 4. The molecule has 2 atom stereocenters. The Balaban J connectivity index is 1.74. The van der Waals surface area contributed by atoms with Crippen molar-refractivity contribution in [1.29, 1.82) is 0 Å². The number of rotatable bonds is 5. The molecule has 1 fully saturated rings. The van der Waals surface area contributed by atoms with E-state index in [0.717, 1.165) is 55.5 Å². The number of nitrogens with zero attached hydrogens (tertiary/aromatic N) is 3. The quantitative estimate of drug-likeness (QED) is 0.917. The molecule has 1 aromatic carbocycles. The summed E-state index contributed by atoms with van der Waals surface area (Å²) in [4.78, 5) is 23.6. The summed E-state index contributed by atoms with van der Waals surface area (Å²) in [6, 6.07) is 8.30. The van der Waals surface area contributed by atoms with Crippen LogP contribution in [-0.4, -0.2) is 35.0 Å². The van der Waals surface area contributed by atoms with Gasteiger partial charge >= 0.3 is 0 Å². The first kappa shape index (κ1) is 16.7. The van der Waals surface area contributed by atoms with Crippen LogP contribution in [0.15, 0.2) is 30.6 Å². The van der Waals surface area contributed by atoms with Gasteiger partial charge in [0.05, 0.1) is 11.4 Å². The molecule has 0 radical (unpaired) electrons. The van der Waals surface area contributed by atoms with Gasteiger partial charge in [0.15, 0.2) is 0 Å². The van der Waals surface area contributed by atoms with Crippen molar-refractivity contribution in [2.75, 3.05) is 18.0 Å². The Morgan fingerprint density at radius 1 is 1.38 bits per heavy atom. The molecule has 24 heavy (non-hydrogen) atoms. The highest BCUT2D eigenvalue weighted by atomic mass is 16.2. The molecule has 2 unspecified atom stereocenters. The Hall–Kier alpha value is -2.17. The maximum absolute atomic E-state index is 12.6. The average Bonchev–Trinajstić information content (AvgIpc) is 2.61. The summed E-state index contributed by atoms with van der Waals surface area (Å²) in [7, 11) is 0. The predicted octanol–water partition coefficient (Wildman–Crippen LogP) is 3.15. The molecule has 2 heterocycles. The lowest BCUT2D eigenvalue weighted by molar-refractivity contribution is -0.125. The fraction of sp³-hybridized carbons (Fsp3) is 0.526. The Morgan fingerprint density at radius 3 is 3.04 bits per heavy atom. The van der Waals surface area contributed by atoms with Gasteiger partial charge in [0, 0.05) is 24.5 Å². The average molecular weight is 326 g/mol. The molecule has 2 aromatic rings. The first-order valence-corrected chi connectivity index (χ1v) is 8.94. The number of para-hydroxylation sites is 1. The number of amides is 1. The summed E-state index contributed by atoms with van der Waals surface area (Å²) >= 11 is 0. The van der Waals surface area contributed by atoms with Gasteiger partial charge < -0.3 is 10.2 Å². The molecule has 1 aliphatic rings. The summed E-state index contributed by atoms with van der Waals surface area (Å²) < 4.78 is 0. The topological polar surface area (TPSA) is 58.1 Å². The number of nitrogens with one attached hydrogen (secondary N) is 1. The maximum atomic E-state index is 12.6. The third-order valence-electron chi connectivity index (χ3n) is 4.72. The number of aromatic nitrogens is 2. The Kier molecular flexibility index (Phi) is 5.28. The van der Waals surface area contributed by atoms with Gasteiger partial charge in [0.1, 0.15) is 12.1 Å². The number of fused-ring (bicyclic) bond motifs is 1. The normalized spacial score (nSPS) is 19.2. The first-order valence-electron chi connectivity index (χ1n) is 8.94. The van der Waals surface area contributed by atoms with Crippen LogP contribution in [0.3, 0.4) is 0 Å². The molecule has 0 bridgehead atoms. The molecule has 128 valence electrons. The van der Waals surface area contributed by atoms with Gasteiger partial charge in [-0.25, -0.2) is 9.97 Å². The van der Waals surface area contributed by atoms with Crippen LogP contribution < -0.4 is 10.2 Å².